The molecule has 0 spiro atoms. The van der Waals surface area contributed by atoms with Gasteiger partial charge in [-0.05, 0) is 26.7 Å². The van der Waals surface area contributed by atoms with E-state index in [-0.39, 0.29) is 5.60 Å². The molecule has 0 unspecified atom stereocenters. The van der Waals surface area contributed by atoms with Crippen molar-refractivity contribution in [1.29, 1.82) is 0 Å². The van der Waals surface area contributed by atoms with Crippen LogP contribution in [0.25, 0.3) is 0 Å². The van der Waals surface area contributed by atoms with Crippen LogP contribution >= 0.6 is 0 Å². The molecule has 10 heavy (non-hydrogen) atoms. The van der Waals surface area contributed by atoms with E-state index in [4.69, 9.17) is 9.84 Å². The van der Waals surface area contributed by atoms with Crippen LogP contribution in [-0.2, 0) is 4.74 Å². The summed E-state index contributed by atoms with van der Waals surface area (Å²) in [4.78, 5) is 0. The Morgan fingerprint density at radius 2 is 2.30 bits per heavy atom. The van der Waals surface area contributed by atoms with E-state index in [1.807, 2.05) is 0 Å². The van der Waals surface area contributed by atoms with E-state index in [9.17, 15) is 0 Å². The molecule has 1 heterocycles. The van der Waals surface area contributed by atoms with Gasteiger partial charge in [0.15, 0.2) is 0 Å². The normalized spacial score (nSPS) is 29.7. The van der Waals surface area contributed by atoms with Crippen LogP contribution in [0.4, 0.5) is 0 Å². The average Bonchev–Trinajstić information content (AvgIpc) is 1.87. The van der Waals surface area contributed by atoms with Crippen molar-refractivity contribution in [3.05, 3.63) is 0 Å². The summed E-state index contributed by atoms with van der Waals surface area (Å²) in [6.45, 7) is 5.41. The predicted octanol–water partition coefficient (Wildman–Crippen LogP) is 1.18. The number of rotatable bonds is 3. The molecule has 0 radical (unpaired) electrons. The summed E-state index contributed by atoms with van der Waals surface area (Å²) in [7, 11) is 0. The Kier molecular flexibility index (Phi) is 2.32. The van der Waals surface area contributed by atoms with Gasteiger partial charge in [0.05, 0.1) is 12.2 Å². The highest BCUT2D eigenvalue weighted by molar-refractivity contribution is 4.87. The monoisotopic (exact) mass is 144 g/mol. The fourth-order valence-corrected chi connectivity index (χ4v) is 1.30. The molecule has 1 fully saturated rings. The molecule has 1 saturated heterocycles. The number of ether oxygens (including phenoxy) is 1. The lowest BCUT2D eigenvalue weighted by Gasteiger charge is -2.44. The molecule has 2 heteroatoms. The van der Waals surface area contributed by atoms with Crippen molar-refractivity contribution >= 4 is 0 Å². The Morgan fingerprint density at radius 3 is 2.60 bits per heavy atom. The zero-order valence-corrected chi connectivity index (χ0v) is 6.76. The van der Waals surface area contributed by atoms with Gasteiger partial charge in [-0.1, -0.05) is 0 Å². The van der Waals surface area contributed by atoms with Crippen molar-refractivity contribution < 1.29 is 9.84 Å². The molecular formula is C8H16O2. The fourth-order valence-electron chi connectivity index (χ4n) is 1.30. The van der Waals surface area contributed by atoms with Crippen LogP contribution in [0.15, 0.2) is 0 Å². The minimum Gasteiger partial charge on any atom is -0.396 e. The lowest BCUT2D eigenvalue weighted by atomic mass is 9.83. The summed E-state index contributed by atoms with van der Waals surface area (Å²) in [5.41, 5.74) is 0.0785. The molecule has 1 rings (SSSR count). The van der Waals surface area contributed by atoms with Crippen LogP contribution in [0.2, 0.25) is 0 Å². The third-order valence-corrected chi connectivity index (χ3v) is 2.35. The second-order valence-electron chi connectivity index (χ2n) is 3.48. The molecule has 1 atom stereocenters. The summed E-state index contributed by atoms with van der Waals surface area (Å²) in [6, 6.07) is 0. The molecule has 0 saturated carbocycles. The predicted molar refractivity (Wildman–Crippen MR) is 39.8 cm³/mol. The molecule has 0 aromatic heterocycles. The van der Waals surface area contributed by atoms with Crippen molar-refractivity contribution in [3.8, 4) is 0 Å². The highest BCUT2D eigenvalue weighted by atomic mass is 16.5. The van der Waals surface area contributed by atoms with Crippen LogP contribution in [0, 0.1) is 5.92 Å². The molecule has 1 N–H and O–H groups in total. The third-order valence-electron chi connectivity index (χ3n) is 2.35. The first-order valence-electron chi connectivity index (χ1n) is 3.91. The topological polar surface area (TPSA) is 29.5 Å². The molecule has 60 valence electrons. The van der Waals surface area contributed by atoms with Crippen LogP contribution in [-0.4, -0.2) is 23.9 Å². The zero-order chi connectivity index (χ0) is 7.61. The Bertz CT molecular complexity index is 110. The van der Waals surface area contributed by atoms with Gasteiger partial charge >= 0.3 is 0 Å². The van der Waals surface area contributed by atoms with Crippen LogP contribution in [0.5, 0.6) is 0 Å². The summed E-state index contributed by atoms with van der Waals surface area (Å²) in [6.07, 6.45) is 2.01. The van der Waals surface area contributed by atoms with E-state index < -0.39 is 0 Å². The summed E-state index contributed by atoms with van der Waals surface area (Å²) < 4.78 is 5.35. The smallest absolute Gasteiger partial charge is 0.0676 e. The van der Waals surface area contributed by atoms with E-state index in [1.54, 1.807) is 0 Å². The lowest BCUT2D eigenvalue weighted by molar-refractivity contribution is -0.183. The second kappa shape index (κ2) is 2.89. The van der Waals surface area contributed by atoms with Crippen molar-refractivity contribution in [2.24, 2.45) is 5.92 Å². The molecule has 0 aromatic rings. The maximum atomic E-state index is 8.56. The van der Waals surface area contributed by atoms with Crippen molar-refractivity contribution in [3.63, 3.8) is 0 Å². The molecule has 0 aliphatic carbocycles. The van der Waals surface area contributed by atoms with Crippen LogP contribution in [0.1, 0.15) is 26.7 Å². The first-order chi connectivity index (χ1) is 4.67. The molecule has 1 aliphatic rings. The van der Waals surface area contributed by atoms with Gasteiger partial charge in [0.2, 0.25) is 0 Å². The largest absolute Gasteiger partial charge is 0.396 e. The summed E-state index contributed by atoms with van der Waals surface area (Å²) >= 11 is 0. The minimum atomic E-state index is 0.0785. The van der Waals surface area contributed by atoms with E-state index in [1.165, 1.54) is 0 Å². The first-order valence-corrected chi connectivity index (χ1v) is 3.91. The molecule has 1 aliphatic heterocycles. The molecular weight excluding hydrogens is 128 g/mol. The number of hydrogen-bond donors (Lipinski definition) is 1. The highest BCUT2D eigenvalue weighted by Gasteiger charge is 2.38. The summed E-state index contributed by atoms with van der Waals surface area (Å²) in [5, 5.41) is 8.56. The van der Waals surface area contributed by atoms with Crippen LogP contribution < -0.4 is 0 Å². The SMILES string of the molecule is CC1(C)OC[C@@H]1CCCO. The average molecular weight is 144 g/mol. The van der Waals surface area contributed by atoms with Gasteiger partial charge in [-0.3, -0.25) is 0 Å². The van der Waals surface area contributed by atoms with Crippen molar-refractivity contribution in [2.45, 2.75) is 32.3 Å². The highest BCUT2D eigenvalue weighted by Crippen LogP contribution is 2.34. The molecule has 0 bridgehead atoms. The Morgan fingerprint density at radius 1 is 1.60 bits per heavy atom. The fraction of sp³-hybridized carbons (Fsp3) is 1.00. The standard InChI is InChI=1S/C8H16O2/c1-8(2)7(6-10-8)4-3-5-9/h7,9H,3-6H2,1-2H3/t7-/m0/s1. The zero-order valence-electron chi connectivity index (χ0n) is 6.76. The quantitative estimate of drug-likeness (QED) is 0.644. The van der Waals surface area contributed by atoms with Crippen molar-refractivity contribution in [1.82, 2.24) is 0 Å². The Hall–Kier alpha value is -0.0800. The molecule has 0 amide bonds. The Balaban J connectivity index is 2.17. The second-order valence-corrected chi connectivity index (χ2v) is 3.48. The maximum Gasteiger partial charge on any atom is 0.0676 e. The van der Waals surface area contributed by atoms with E-state index >= 15 is 0 Å². The van der Waals surface area contributed by atoms with Gasteiger partial charge in [-0.2, -0.15) is 0 Å². The van der Waals surface area contributed by atoms with Gasteiger partial charge in [0.1, 0.15) is 0 Å². The minimum absolute atomic E-state index is 0.0785. The van der Waals surface area contributed by atoms with Gasteiger partial charge in [-0.25, -0.2) is 0 Å². The maximum absolute atomic E-state index is 8.56. The van der Waals surface area contributed by atoms with Gasteiger partial charge in [-0.15, -0.1) is 0 Å². The molecule has 0 aromatic carbocycles. The molecule has 2 nitrogen and oxygen atoms in total. The number of aliphatic hydroxyl groups is 1. The van der Waals surface area contributed by atoms with Crippen molar-refractivity contribution in [2.75, 3.05) is 13.2 Å². The third kappa shape index (κ3) is 1.50. The van der Waals surface area contributed by atoms with E-state index in [2.05, 4.69) is 13.8 Å². The summed E-state index contributed by atoms with van der Waals surface area (Å²) in [5.74, 6) is 0.666. The Labute approximate surface area is 62.2 Å². The van der Waals surface area contributed by atoms with Gasteiger partial charge in [0, 0.05) is 12.5 Å². The lowest BCUT2D eigenvalue weighted by Crippen LogP contribution is -2.48. The van der Waals surface area contributed by atoms with Crippen LogP contribution in [0.3, 0.4) is 0 Å². The number of hydrogen-bond acceptors (Lipinski definition) is 2. The van der Waals surface area contributed by atoms with Gasteiger partial charge < -0.3 is 9.84 Å². The van der Waals surface area contributed by atoms with Gasteiger partial charge in [0.25, 0.3) is 0 Å². The first kappa shape index (κ1) is 8.02. The number of aliphatic hydroxyl groups excluding tert-OH is 1. The van der Waals surface area contributed by atoms with E-state index in [0.29, 0.717) is 12.5 Å². The van der Waals surface area contributed by atoms with E-state index in [0.717, 1.165) is 19.4 Å².